The summed E-state index contributed by atoms with van der Waals surface area (Å²) in [6.45, 7) is 1.13. The van der Waals surface area contributed by atoms with E-state index in [4.69, 9.17) is 0 Å². The number of aliphatic hydroxyl groups is 1. The Morgan fingerprint density at radius 2 is 2.35 bits per heavy atom. The Labute approximate surface area is 107 Å². The molecule has 17 heavy (non-hydrogen) atoms. The van der Waals surface area contributed by atoms with Crippen molar-refractivity contribution in [3.05, 3.63) is 27.0 Å². The number of aliphatic hydroxyl groups excluding tert-OH is 1. The molecule has 2 heterocycles. The molecular weight excluding hydrogens is 290 g/mol. The fraction of sp³-hybridized carbons (Fsp3) is 0.500. The molecule has 1 aliphatic rings. The van der Waals surface area contributed by atoms with Gasteiger partial charge in [-0.1, -0.05) is 0 Å². The number of pyridine rings is 1. The minimum absolute atomic E-state index is 0.0338. The van der Waals surface area contributed by atoms with Gasteiger partial charge in [0, 0.05) is 19.3 Å². The fourth-order valence-electron chi connectivity index (χ4n) is 2.02. The van der Waals surface area contributed by atoms with Gasteiger partial charge in [0.25, 0.3) is 0 Å². The molecule has 2 rings (SSSR count). The molecule has 1 saturated heterocycles. The maximum absolute atomic E-state index is 11.0. The fourth-order valence-corrected chi connectivity index (χ4v) is 2.59. The van der Waals surface area contributed by atoms with Crippen LogP contribution in [-0.2, 0) is 0 Å². The summed E-state index contributed by atoms with van der Waals surface area (Å²) in [5.41, 5.74) is 0.470. The van der Waals surface area contributed by atoms with Gasteiger partial charge in [-0.3, -0.25) is 15.1 Å². The Hall–Kier alpha value is -1.21. The minimum Gasteiger partial charge on any atom is -0.391 e. The van der Waals surface area contributed by atoms with Gasteiger partial charge in [-0.05, 0) is 28.8 Å². The summed E-state index contributed by atoms with van der Waals surface area (Å²) >= 11 is 3.28. The van der Waals surface area contributed by atoms with Crippen LogP contribution in [0.25, 0.3) is 0 Å². The molecule has 1 N–H and O–H groups in total. The number of nitro groups is 1. The van der Waals surface area contributed by atoms with Crippen LogP contribution in [0.5, 0.6) is 0 Å². The van der Waals surface area contributed by atoms with E-state index in [0.717, 1.165) is 12.8 Å². The lowest BCUT2D eigenvalue weighted by Gasteiger charge is -2.31. The molecule has 92 valence electrons. The lowest BCUT2D eigenvalue weighted by atomic mass is 10.1. The van der Waals surface area contributed by atoms with Gasteiger partial charge in [0.1, 0.15) is 11.9 Å². The molecule has 1 aromatic rings. The molecule has 1 atom stereocenters. The van der Waals surface area contributed by atoms with E-state index in [1.54, 1.807) is 0 Å². The Morgan fingerprint density at radius 3 is 3.00 bits per heavy atom. The third-order valence-corrected chi connectivity index (χ3v) is 3.34. The third kappa shape index (κ3) is 2.55. The average molecular weight is 302 g/mol. The highest BCUT2D eigenvalue weighted by molar-refractivity contribution is 9.10. The second-order valence-corrected chi connectivity index (χ2v) is 4.84. The number of piperidine rings is 1. The van der Waals surface area contributed by atoms with E-state index in [0.29, 0.717) is 23.2 Å². The van der Waals surface area contributed by atoms with Gasteiger partial charge in [0.2, 0.25) is 0 Å². The molecule has 0 bridgehead atoms. The van der Waals surface area contributed by atoms with E-state index in [9.17, 15) is 15.2 Å². The van der Waals surface area contributed by atoms with Gasteiger partial charge in [-0.2, -0.15) is 0 Å². The van der Waals surface area contributed by atoms with Crippen LogP contribution in [0.15, 0.2) is 16.9 Å². The first-order chi connectivity index (χ1) is 8.09. The lowest BCUT2D eigenvalue weighted by molar-refractivity contribution is -0.384. The SMILES string of the molecule is O=[N+]([O-])c1cncc(Br)c1N1CCCC(O)C1. The predicted molar refractivity (Wildman–Crippen MR) is 66.0 cm³/mol. The van der Waals surface area contributed by atoms with Crippen LogP contribution in [0, 0.1) is 10.1 Å². The maximum Gasteiger partial charge on any atom is 0.311 e. The number of rotatable bonds is 2. The van der Waals surface area contributed by atoms with Crippen molar-refractivity contribution in [1.82, 2.24) is 4.98 Å². The first kappa shape index (κ1) is 12.3. The monoisotopic (exact) mass is 301 g/mol. The molecular formula is C10H12BrN3O3. The van der Waals surface area contributed by atoms with Crippen molar-refractivity contribution in [3.63, 3.8) is 0 Å². The molecule has 0 radical (unpaired) electrons. The van der Waals surface area contributed by atoms with Gasteiger partial charge in [0.15, 0.2) is 0 Å². The number of anilines is 1. The summed E-state index contributed by atoms with van der Waals surface area (Å²) in [4.78, 5) is 16.1. The molecule has 0 amide bonds. The summed E-state index contributed by atoms with van der Waals surface area (Å²) in [7, 11) is 0. The van der Waals surface area contributed by atoms with Gasteiger partial charge in [-0.25, -0.2) is 0 Å². The van der Waals surface area contributed by atoms with Crippen LogP contribution in [0.2, 0.25) is 0 Å². The normalized spacial score (nSPS) is 20.4. The second-order valence-electron chi connectivity index (χ2n) is 3.99. The molecule has 7 heteroatoms. The molecule has 6 nitrogen and oxygen atoms in total. The molecule has 1 unspecified atom stereocenters. The van der Waals surface area contributed by atoms with Crippen LogP contribution >= 0.6 is 15.9 Å². The van der Waals surface area contributed by atoms with Crippen molar-refractivity contribution >= 4 is 27.3 Å². The van der Waals surface area contributed by atoms with Crippen LogP contribution in [0.1, 0.15) is 12.8 Å². The third-order valence-electron chi connectivity index (χ3n) is 2.76. The Kier molecular flexibility index (Phi) is 3.58. The van der Waals surface area contributed by atoms with Crippen molar-refractivity contribution in [1.29, 1.82) is 0 Å². The summed E-state index contributed by atoms with van der Waals surface area (Å²) in [6, 6.07) is 0. The number of hydrogen-bond donors (Lipinski definition) is 1. The molecule has 0 saturated carbocycles. The number of aromatic nitrogens is 1. The van der Waals surface area contributed by atoms with Gasteiger partial charge < -0.3 is 10.0 Å². The zero-order chi connectivity index (χ0) is 12.4. The molecule has 0 aromatic carbocycles. The molecule has 1 aliphatic heterocycles. The Morgan fingerprint density at radius 1 is 1.59 bits per heavy atom. The number of halogens is 1. The van der Waals surface area contributed by atoms with Crippen LogP contribution in [0.4, 0.5) is 11.4 Å². The smallest absolute Gasteiger partial charge is 0.311 e. The van der Waals surface area contributed by atoms with Crippen LogP contribution in [-0.4, -0.2) is 34.2 Å². The van der Waals surface area contributed by atoms with E-state index < -0.39 is 11.0 Å². The van der Waals surface area contributed by atoms with Crippen molar-refractivity contribution in [3.8, 4) is 0 Å². The highest BCUT2D eigenvalue weighted by Gasteiger charge is 2.26. The highest BCUT2D eigenvalue weighted by atomic mass is 79.9. The highest BCUT2D eigenvalue weighted by Crippen LogP contribution is 2.36. The minimum atomic E-state index is -0.450. The number of nitrogens with zero attached hydrogens (tertiary/aromatic N) is 3. The maximum atomic E-state index is 11.0. The first-order valence-electron chi connectivity index (χ1n) is 5.30. The van der Waals surface area contributed by atoms with Gasteiger partial charge in [0.05, 0.1) is 15.5 Å². The average Bonchev–Trinajstić information content (AvgIpc) is 2.28. The molecule has 0 aliphatic carbocycles. The summed E-state index contributed by atoms with van der Waals surface area (Å²) in [6.07, 6.45) is 3.91. The van der Waals surface area contributed by atoms with E-state index in [1.807, 2.05) is 4.90 Å². The van der Waals surface area contributed by atoms with Crippen molar-refractivity contribution in [2.24, 2.45) is 0 Å². The zero-order valence-corrected chi connectivity index (χ0v) is 10.6. The van der Waals surface area contributed by atoms with Crippen molar-refractivity contribution in [2.75, 3.05) is 18.0 Å². The summed E-state index contributed by atoms with van der Waals surface area (Å²) < 4.78 is 0.584. The molecule has 1 aromatic heterocycles. The lowest BCUT2D eigenvalue weighted by Crippen LogP contribution is -2.38. The largest absolute Gasteiger partial charge is 0.391 e. The van der Waals surface area contributed by atoms with E-state index in [2.05, 4.69) is 20.9 Å². The number of β-amino-alcohol motifs (C(OH)–C–C–N with tert-alkyl or cyclic N) is 1. The number of hydrogen-bond acceptors (Lipinski definition) is 5. The van der Waals surface area contributed by atoms with E-state index in [-0.39, 0.29) is 5.69 Å². The Bertz CT molecular complexity index is 441. The second kappa shape index (κ2) is 4.97. The molecule has 0 spiro atoms. The van der Waals surface area contributed by atoms with Crippen LogP contribution < -0.4 is 4.90 Å². The molecule has 1 fully saturated rings. The van der Waals surface area contributed by atoms with Crippen LogP contribution in [0.3, 0.4) is 0 Å². The zero-order valence-electron chi connectivity index (χ0n) is 9.04. The predicted octanol–water partition coefficient (Wildman–Crippen LogP) is 1.71. The topological polar surface area (TPSA) is 79.5 Å². The van der Waals surface area contributed by atoms with Crippen molar-refractivity contribution < 1.29 is 10.0 Å². The van der Waals surface area contributed by atoms with Gasteiger partial charge >= 0.3 is 5.69 Å². The van der Waals surface area contributed by atoms with E-state index >= 15 is 0 Å². The summed E-state index contributed by atoms with van der Waals surface area (Å²) in [5.74, 6) is 0. The standard InChI is InChI=1S/C10H12BrN3O3/c11-8-4-12-5-9(14(16)17)10(8)13-3-1-2-7(15)6-13/h4-5,7,15H,1-3,6H2. The quantitative estimate of drug-likeness (QED) is 0.664. The van der Waals surface area contributed by atoms with Crippen molar-refractivity contribution in [2.45, 2.75) is 18.9 Å². The Balaban J connectivity index is 2.39. The summed E-state index contributed by atoms with van der Waals surface area (Å²) in [5, 5.41) is 20.6. The van der Waals surface area contributed by atoms with Gasteiger partial charge in [-0.15, -0.1) is 0 Å². The first-order valence-corrected chi connectivity index (χ1v) is 6.10. The van der Waals surface area contributed by atoms with E-state index in [1.165, 1.54) is 12.4 Å².